The van der Waals surface area contributed by atoms with E-state index in [-0.39, 0.29) is 0 Å². The van der Waals surface area contributed by atoms with Gasteiger partial charge in [0.25, 0.3) is 11.5 Å². The number of carbonyl (C=O) groups excluding carboxylic acids is 5. The Morgan fingerprint density at radius 3 is 2.24 bits per heavy atom. The van der Waals surface area contributed by atoms with Crippen LogP contribution in [0.1, 0.15) is 6.92 Å². The number of likely N-dealkylation sites (tertiary alicyclic amines) is 1. The number of methoxy groups -OCH3 is 2. The number of anilines is 1. The summed E-state index contributed by atoms with van der Waals surface area (Å²) in [6, 6.07) is 8.17. The van der Waals surface area contributed by atoms with Crippen LogP contribution in [-0.2, 0) is 38.2 Å². The summed E-state index contributed by atoms with van der Waals surface area (Å²) in [5.41, 5.74) is -3.72. The number of nitrogens with zero attached hydrogens (tertiary/aromatic N) is 2. The molecule has 2 bridgehead atoms. The Morgan fingerprint density at radius 2 is 1.66 bits per heavy atom. The van der Waals surface area contributed by atoms with E-state index in [1.165, 1.54) is 6.92 Å². The van der Waals surface area contributed by atoms with E-state index in [4.69, 9.17) is 9.47 Å². The predicted molar refractivity (Wildman–Crippen MR) is 93.9 cm³/mol. The van der Waals surface area contributed by atoms with Gasteiger partial charge in [0.2, 0.25) is 11.8 Å². The standard InChI is InChI=1S/C19H18N2O8/c1-18-12-13(15(24)21(14(12)23)10-7-5-4-6-8-10)19(29-18,17(26)28-3)16(25)20(18)9-11(22)27-2/h4-8,12-13H,9H2,1-3H3/t12-,13+,18+,19-/m0/s1. The summed E-state index contributed by atoms with van der Waals surface area (Å²) in [5, 5.41) is 0. The summed E-state index contributed by atoms with van der Waals surface area (Å²) < 4.78 is 15.2. The first-order valence-electron chi connectivity index (χ1n) is 8.84. The minimum atomic E-state index is -2.33. The van der Waals surface area contributed by atoms with Crippen molar-refractivity contribution < 1.29 is 38.2 Å². The highest BCUT2D eigenvalue weighted by Crippen LogP contribution is 2.59. The number of para-hydroxylation sites is 1. The minimum absolute atomic E-state index is 0.312. The van der Waals surface area contributed by atoms with Crippen LogP contribution < -0.4 is 4.90 Å². The Kier molecular flexibility index (Phi) is 4.02. The Morgan fingerprint density at radius 1 is 1.03 bits per heavy atom. The fourth-order valence-electron chi connectivity index (χ4n) is 4.54. The molecule has 0 N–H and O–H groups in total. The second kappa shape index (κ2) is 6.11. The average molecular weight is 402 g/mol. The number of fused-ring (bicyclic) bond motifs is 5. The third kappa shape index (κ3) is 2.17. The molecule has 10 heteroatoms. The monoisotopic (exact) mass is 402 g/mol. The molecule has 4 rings (SSSR count). The molecule has 3 aliphatic heterocycles. The maximum atomic E-state index is 13.3. The summed E-state index contributed by atoms with van der Waals surface area (Å²) >= 11 is 0. The van der Waals surface area contributed by atoms with Crippen LogP contribution in [0.2, 0.25) is 0 Å². The van der Waals surface area contributed by atoms with Crippen LogP contribution in [0.4, 0.5) is 5.69 Å². The van der Waals surface area contributed by atoms with E-state index < -0.39 is 59.4 Å². The Labute approximate surface area is 165 Å². The van der Waals surface area contributed by atoms with Crippen LogP contribution in [0.3, 0.4) is 0 Å². The summed E-state index contributed by atoms with van der Waals surface area (Å²) in [4.78, 5) is 66.2. The quantitative estimate of drug-likeness (QED) is 0.374. The lowest BCUT2D eigenvalue weighted by molar-refractivity contribution is -0.174. The van der Waals surface area contributed by atoms with Gasteiger partial charge in [-0.3, -0.25) is 24.1 Å². The molecular formula is C19H18N2O8. The molecule has 3 amide bonds. The van der Waals surface area contributed by atoms with Crippen LogP contribution >= 0.6 is 0 Å². The third-order valence-electron chi connectivity index (χ3n) is 5.81. The smallest absolute Gasteiger partial charge is 0.349 e. The van der Waals surface area contributed by atoms with Crippen LogP contribution in [0.25, 0.3) is 0 Å². The molecule has 1 aromatic carbocycles. The number of hydrogen-bond acceptors (Lipinski definition) is 8. The van der Waals surface area contributed by atoms with Gasteiger partial charge in [-0.25, -0.2) is 9.69 Å². The normalized spacial score (nSPS) is 32.6. The van der Waals surface area contributed by atoms with Crippen LogP contribution in [0.15, 0.2) is 30.3 Å². The second-order valence-corrected chi connectivity index (χ2v) is 7.15. The van der Waals surface area contributed by atoms with Gasteiger partial charge in [0.05, 0.1) is 19.9 Å². The fourth-order valence-corrected chi connectivity index (χ4v) is 4.54. The second-order valence-electron chi connectivity index (χ2n) is 7.15. The summed E-state index contributed by atoms with van der Waals surface area (Å²) in [5.74, 6) is -6.69. The Balaban J connectivity index is 1.86. The van der Waals surface area contributed by atoms with Crippen molar-refractivity contribution in [2.75, 3.05) is 25.7 Å². The number of benzene rings is 1. The molecule has 0 unspecified atom stereocenters. The van der Waals surface area contributed by atoms with Crippen molar-refractivity contribution in [3.63, 3.8) is 0 Å². The lowest BCUT2D eigenvalue weighted by Gasteiger charge is -2.37. The van der Waals surface area contributed by atoms with E-state index in [0.717, 1.165) is 24.0 Å². The van der Waals surface area contributed by atoms with Gasteiger partial charge in [-0.05, 0) is 19.1 Å². The molecule has 3 fully saturated rings. The highest BCUT2D eigenvalue weighted by molar-refractivity contribution is 6.28. The SMILES string of the molecule is COC(=O)CN1C(=O)[C@@]2(C(=O)OC)O[C@]1(C)[C@@H]1C(=O)N(c3ccccc3)C(=O)[C@@H]12. The molecule has 0 saturated carbocycles. The number of rotatable bonds is 4. The van der Waals surface area contributed by atoms with Gasteiger partial charge in [-0.15, -0.1) is 0 Å². The lowest BCUT2D eigenvalue weighted by Crippen LogP contribution is -2.62. The van der Waals surface area contributed by atoms with E-state index in [2.05, 4.69) is 4.74 Å². The van der Waals surface area contributed by atoms with Crippen LogP contribution in [0.5, 0.6) is 0 Å². The van der Waals surface area contributed by atoms with E-state index in [1.54, 1.807) is 30.3 Å². The zero-order valence-electron chi connectivity index (χ0n) is 15.9. The zero-order chi connectivity index (χ0) is 21.1. The average Bonchev–Trinajstić information content (AvgIpc) is 3.25. The topological polar surface area (TPSA) is 120 Å². The van der Waals surface area contributed by atoms with Crippen LogP contribution in [0, 0.1) is 11.8 Å². The van der Waals surface area contributed by atoms with Gasteiger partial charge < -0.3 is 14.2 Å². The Bertz CT molecular complexity index is 947. The number of carbonyl (C=O) groups is 5. The van der Waals surface area contributed by atoms with Gasteiger partial charge in [0.1, 0.15) is 18.4 Å². The number of piperidine rings is 1. The lowest BCUT2D eigenvalue weighted by atomic mass is 9.74. The number of ether oxygens (including phenoxy) is 3. The molecule has 1 aromatic rings. The summed E-state index contributed by atoms with van der Waals surface area (Å²) in [6.45, 7) is 0.865. The molecule has 4 atom stereocenters. The summed E-state index contributed by atoms with van der Waals surface area (Å²) in [7, 11) is 2.20. The first-order valence-corrected chi connectivity index (χ1v) is 8.84. The van der Waals surface area contributed by atoms with Gasteiger partial charge in [0, 0.05) is 0 Å². The molecule has 3 saturated heterocycles. The first-order chi connectivity index (χ1) is 13.7. The predicted octanol–water partition coefficient (Wildman–Crippen LogP) is -0.534. The van der Waals surface area contributed by atoms with Crippen molar-refractivity contribution in [1.82, 2.24) is 4.90 Å². The minimum Gasteiger partial charge on any atom is -0.468 e. The highest BCUT2D eigenvalue weighted by Gasteiger charge is 2.84. The number of hydrogen-bond donors (Lipinski definition) is 0. The van der Waals surface area contributed by atoms with Crippen molar-refractivity contribution in [3.8, 4) is 0 Å². The number of imide groups is 1. The van der Waals surface area contributed by atoms with E-state index in [1.807, 2.05) is 0 Å². The highest BCUT2D eigenvalue weighted by atomic mass is 16.6. The van der Waals surface area contributed by atoms with Gasteiger partial charge >= 0.3 is 11.9 Å². The van der Waals surface area contributed by atoms with Crippen LogP contribution in [-0.4, -0.2) is 66.7 Å². The molecule has 0 aliphatic carbocycles. The van der Waals surface area contributed by atoms with E-state index >= 15 is 0 Å². The number of amides is 3. The first kappa shape index (κ1) is 19.1. The zero-order valence-corrected chi connectivity index (χ0v) is 15.9. The van der Waals surface area contributed by atoms with E-state index in [0.29, 0.717) is 5.69 Å². The molecular weight excluding hydrogens is 384 g/mol. The van der Waals surface area contributed by atoms with Gasteiger partial charge in [-0.1, -0.05) is 18.2 Å². The molecule has 0 spiro atoms. The molecule has 152 valence electrons. The van der Waals surface area contributed by atoms with Crippen molar-refractivity contribution in [2.45, 2.75) is 18.2 Å². The Hall–Kier alpha value is -3.27. The maximum absolute atomic E-state index is 13.3. The van der Waals surface area contributed by atoms with E-state index in [9.17, 15) is 24.0 Å². The maximum Gasteiger partial charge on any atom is 0.349 e. The van der Waals surface area contributed by atoms with Crippen molar-refractivity contribution >= 4 is 35.3 Å². The molecule has 0 radical (unpaired) electrons. The third-order valence-corrected chi connectivity index (χ3v) is 5.81. The summed E-state index contributed by atoms with van der Waals surface area (Å²) in [6.07, 6.45) is 0. The van der Waals surface area contributed by atoms with Crippen molar-refractivity contribution in [2.24, 2.45) is 11.8 Å². The molecule has 0 aromatic heterocycles. The van der Waals surface area contributed by atoms with Crippen molar-refractivity contribution in [1.29, 1.82) is 0 Å². The molecule has 3 aliphatic rings. The molecule has 3 heterocycles. The number of esters is 2. The van der Waals surface area contributed by atoms with Gasteiger partial charge in [-0.2, -0.15) is 0 Å². The largest absolute Gasteiger partial charge is 0.468 e. The van der Waals surface area contributed by atoms with Crippen molar-refractivity contribution in [3.05, 3.63) is 30.3 Å². The fraction of sp³-hybridized carbons (Fsp3) is 0.421. The van der Waals surface area contributed by atoms with Gasteiger partial charge in [0.15, 0.2) is 5.72 Å². The molecule has 10 nitrogen and oxygen atoms in total. The molecule has 29 heavy (non-hydrogen) atoms.